The minimum Gasteiger partial charge on any atom is -0.253 e. The molecule has 0 fully saturated rings. The summed E-state index contributed by atoms with van der Waals surface area (Å²) in [7, 11) is 0. The number of hydrogen-bond acceptors (Lipinski definition) is 6. The van der Waals surface area contributed by atoms with Gasteiger partial charge in [-0.15, -0.1) is 11.3 Å². The fourth-order valence-electron chi connectivity index (χ4n) is 6.87. The van der Waals surface area contributed by atoms with E-state index in [9.17, 15) is 0 Å². The van der Waals surface area contributed by atoms with Gasteiger partial charge in [0.1, 0.15) is 0 Å². The summed E-state index contributed by atoms with van der Waals surface area (Å²) in [5.41, 5.74) is 7.78. The molecule has 6 heteroatoms. The molecule has 0 radical (unpaired) electrons. The van der Waals surface area contributed by atoms with Crippen molar-refractivity contribution in [3.05, 3.63) is 164 Å². The Labute approximate surface area is 297 Å². The first-order chi connectivity index (χ1) is 25.2. The molecule has 4 heterocycles. The van der Waals surface area contributed by atoms with Crippen molar-refractivity contribution >= 4 is 53.2 Å². The number of pyridine rings is 2. The molecule has 238 valence electrons. The normalized spacial score (nSPS) is 11.5. The maximum atomic E-state index is 5.12. The summed E-state index contributed by atoms with van der Waals surface area (Å²) in [6.07, 6.45) is 2.00. The standard InChI is InChI=1S/C45H27N5S/c1-3-12-28(13-4-1)43-48-44(29-14-5-2-6-15-29)50-45(49-43)32-17-11-16-30(24-32)31-22-23-40-36(25-31)37-26-39(46-27-41(37)51-40)42-35-20-8-7-18-33(35)34-19-9-10-21-38(34)47-42/h1-27H. The van der Waals surface area contributed by atoms with Gasteiger partial charge in [0.2, 0.25) is 0 Å². The summed E-state index contributed by atoms with van der Waals surface area (Å²) in [4.78, 5) is 24.9. The summed E-state index contributed by atoms with van der Waals surface area (Å²) in [5.74, 6) is 1.93. The molecule has 10 rings (SSSR count). The number of nitrogens with zero attached hydrogens (tertiary/aromatic N) is 5. The van der Waals surface area contributed by atoms with Crippen LogP contribution in [0.1, 0.15) is 0 Å². The number of hydrogen-bond donors (Lipinski definition) is 0. The van der Waals surface area contributed by atoms with Gasteiger partial charge in [0.15, 0.2) is 17.5 Å². The molecule has 0 saturated heterocycles. The molecule has 0 spiro atoms. The lowest BCUT2D eigenvalue weighted by atomic mass is 10.00. The minimum atomic E-state index is 0.637. The van der Waals surface area contributed by atoms with Gasteiger partial charge in [-0.05, 0) is 46.8 Å². The van der Waals surface area contributed by atoms with Gasteiger partial charge in [-0.2, -0.15) is 0 Å². The van der Waals surface area contributed by atoms with Gasteiger partial charge in [-0.25, -0.2) is 19.9 Å². The molecule has 10 aromatic rings. The van der Waals surface area contributed by atoms with Crippen LogP contribution in [0.25, 0.3) is 98.5 Å². The van der Waals surface area contributed by atoms with Crippen LogP contribution in [0, 0.1) is 0 Å². The van der Waals surface area contributed by atoms with Crippen molar-refractivity contribution in [3.63, 3.8) is 0 Å². The fraction of sp³-hybridized carbons (Fsp3) is 0. The van der Waals surface area contributed by atoms with Gasteiger partial charge in [0.25, 0.3) is 0 Å². The van der Waals surface area contributed by atoms with Crippen LogP contribution >= 0.6 is 11.3 Å². The predicted molar refractivity (Wildman–Crippen MR) is 210 cm³/mol. The van der Waals surface area contributed by atoms with E-state index in [1.54, 1.807) is 11.3 Å². The van der Waals surface area contributed by atoms with E-state index in [0.717, 1.165) is 60.2 Å². The second kappa shape index (κ2) is 12.1. The van der Waals surface area contributed by atoms with Gasteiger partial charge >= 0.3 is 0 Å². The van der Waals surface area contributed by atoms with Crippen LogP contribution in [-0.2, 0) is 0 Å². The first-order valence-electron chi connectivity index (χ1n) is 16.8. The molecule has 5 nitrogen and oxygen atoms in total. The van der Waals surface area contributed by atoms with Crippen molar-refractivity contribution in [2.75, 3.05) is 0 Å². The van der Waals surface area contributed by atoms with Crippen LogP contribution in [0.15, 0.2) is 164 Å². The van der Waals surface area contributed by atoms with Crippen molar-refractivity contribution in [2.45, 2.75) is 0 Å². The molecule has 0 unspecified atom stereocenters. The number of rotatable bonds is 5. The van der Waals surface area contributed by atoms with Crippen molar-refractivity contribution in [1.29, 1.82) is 0 Å². The quantitative estimate of drug-likeness (QED) is 0.171. The van der Waals surface area contributed by atoms with Crippen LogP contribution in [0.4, 0.5) is 0 Å². The fourth-order valence-corrected chi connectivity index (χ4v) is 7.90. The number of para-hydroxylation sites is 1. The topological polar surface area (TPSA) is 64.5 Å². The van der Waals surface area contributed by atoms with Gasteiger partial charge in [0, 0.05) is 49.1 Å². The Morgan fingerprint density at radius 2 is 0.922 bits per heavy atom. The first kappa shape index (κ1) is 29.3. The molecular weight excluding hydrogens is 643 g/mol. The highest BCUT2D eigenvalue weighted by Gasteiger charge is 2.16. The lowest BCUT2D eigenvalue weighted by molar-refractivity contribution is 1.07. The second-order valence-electron chi connectivity index (χ2n) is 12.5. The van der Waals surface area contributed by atoms with E-state index in [1.165, 1.54) is 20.9 Å². The summed E-state index contributed by atoms with van der Waals surface area (Å²) in [5, 5.41) is 5.81. The Balaban J connectivity index is 1.09. The molecule has 0 N–H and O–H groups in total. The zero-order valence-electron chi connectivity index (χ0n) is 27.2. The van der Waals surface area contributed by atoms with E-state index >= 15 is 0 Å². The van der Waals surface area contributed by atoms with Crippen LogP contribution in [0.2, 0.25) is 0 Å². The number of thiophene rings is 1. The van der Waals surface area contributed by atoms with Crippen LogP contribution in [0.3, 0.4) is 0 Å². The third-order valence-corrected chi connectivity index (χ3v) is 10.5. The number of benzene rings is 6. The lowest BCUT2D eigenvalue weighted by Crippen LogP contribution is -2.00. The van der Waals surface area contributed by atoms with Gasteiger partial charge in [-0.1, -0.05) is 127 Å². The van der Waals surface area contributed by atoms with Gasteiger partial charge < -0.3 is 0 Å². The zero-order chi connectivity index (χ0) is 33.7. The van der Waals surface area contributed by atoms with E-state index in [4.69, 9.17) is 24.9 Å². The van der Waals surface area contributed by atoms with Gasteiger partial charge in [-0.3, -0.25) is 4.98 Å². The SMILES string of the molecule is c1ccc(-c2nc(-c3ccccc3)nc(-c3cccc(-c4ccc5sc6cnc(-c7nc8ccccc8c8ccccc78)cc6c5c4)c3)n2)cc1. The average Bonchev–Trinajstić information content (AvgIpc) is 3.58. The van der Waals surface area contributed by atoms with Crippen LogP contribution in [0.5, 0.6) is 0 Å². The molecule has 51 heavy (non-hydrogen) atoms. The lowest BCUT2D eigenvalue weighted by Gasteiger charge is -2.10. The summed E-state index contributed by atoms with van der Waals surface area (Å²) < 4.78 is 2.37. The Bertz CT molecular complexity index is 2860. The molecule has 0 aliphatic heterocycles. The molecule has 0 amide bonds. The molecule has 0 aliphatic carbocycles. The molecule has 4 aromatic heterocycles. The van der Waals surface area contributed by atoms with Crippen LogP contribution in [-0.4, -0.2) is 24.9 Å². The summed E-state index contributed by atoms with van der Waals surface area (Å²) in [6.45, 7) is 0. The smallest absolute Gasteiger partial charge is 0.164 e. The minimum absolute atomic E-state index is 0.637. The Morgan fingerprint density at radius 1 is 0.353 bits per heavy atom. The molecular formula is C45H27N5S. The molecule has 0 atom stereocenters. The Kier molecular flexibility index (Phi) is 6.93. The third kappa shape index (κ3) is 5.21. The highest BCUT2D eigenvalue weighted by Crippen LogP contribution is 2.39. The monoisotopic (exact) mass is 669 g/mol. The van der Waals surface area contributed by atoms with E-state index < -0.39 is 0 Å². The number of aromatic nitrogens is 5. The summed E-state index contributed by atoms with van der Waals surface area (Å²) in [6, 6.07) is 54.3. The van der Waals surface area contributed by atoms with E-state index in [0.29, 0.717) is 17.5 Å². The first-order valence-corrected chi connectivity index (χ1v) is 17.6. The zero-order valence-corrected chi connectivity index (χ0v) is 28.0. The van der Waals surface area contributed by atoms with Crippen molar-refractivity contribution in [3.8, 4) is 56.7 Å². The van der Waals surface area contributed by atoms with Crippen LogP contribution < -0.4 is 0 Å². The van der Waals surface area contributed by atoms with Crippen molar-refractivity contribution in [2.24, 2.45) is 0 Å². The van der Waals surface area contributed by atoms with Gasteiger partial charge in [0.05, 0.1) is 21.6 Å². The Hall–Kier alpha value is -6.63. The largest absolute Gasteiger partial charge is 0.253 e. The number of fused-ring (bicyclic) bond motifs is 6. The predicted octanol–water partition coefficient (Wildman–Crippen LogP) is 11.7. The van der Waals surface area contributed by atoms with Crippen molar-refractivity contribution in [1.82, 2.24) is 24.9 Å². The molecule has 0 aliphatic rings. The maximum Gasteiger partial charge on any atom is 0.164 e. The average molecular weight is 670 g/mol. The Morgan fingerprint density at radius 3 is 1.67 bits per heavy atom. The molecule has 0 bridgehead atoms. The highest BCUT2D eigenvalue weighted by molar-refractivity contribution is 7.25. The van der Waals surface area contributed by atoms with E-state index in [2.05, 4.69) is 91.0 Å². The molecule has 0 saturated carbocycles. The maximum absolute atomic E-state index is 5.12. The summed E-state index contributed by atoms with van der Waals surface area (Å²) >= 11 is 1.76. The third-order valence-electron chi connectivity index (χ3n) is 9.36. The highest BCUT2D eigenvalue weighted by atomic mass is 32.1. The second-order valence-corrected chi connectivity index (χ2v) is 13.6. The van der Waals surface area contributed by atoms with E-state index in [1.807, 2.05) is 72.9 Å². The van der Waals surface area contributed by atoms with Crippen molar-refractivity contribution < 1.29 is 0 Å². The molecule has 6 aromatic carbocycles. The van der Waals surface area contributed by atoms with E-state index in [-0.39, 0.29) is 0 Å².